The monoisotopic (exact) mass is 441 g/mol. The van der Waals surface area contributed by atoms with Crippen LogP contribution >= 0.6 is 0 Å². The molecule has 0 aliphatic carbocycles. The number of hydrogen-bond acceptors (Lipinski definition) is 4. The van der Waals surface area contributed by atoms with Crippen molar-refractivity contribution >= 4 is 5.97 Å². The highest BCUT2D eigenvalue weighted by Gasteiger charge is 2.36. The molecule has 1 unspecified atom stereocenters. The summed E-state index contributed by atoms with van der Waals surface area (Å²) in [5.74, 6) is 0.0939. The number of aliphatic carboxylic acids is 1. The Balaban J connectivity index is 1.63. The first-order valence-corrected chi connectivity index (χ1v) is 11.3. The van der Waals surface area contributed by atoms with Gasteiger partial charge in [-0.05, 0) is 86.7 Å². The van der Waals surface area contributed by atoms with Crippen molar-refractivity contribution in [2.45, 2.75) is 45.8 Å². The fourth-order valence-electron chi connectivity index (χ4n) is 5.14. The first-order valence-electron chi connectivity index (χ1n) is 11.3. The summed E-state index contributed by atoms with van der Waals surface area (Å²) < 4.78 is 25.7. The van der Waals surface area contributed by atoms with Crippen LogP contribution < -0.4 is 4.74 Å². The zero-order chi connectivity index (χ0) is 22.9. The van der Waals surface area contributed by atoms with Gasteiger partial charge in [0.2, 0.25) is 0 Å². The van der Waals surface area contributed by atoms with Crippen LogP contribution in [0.2, 0.25) is 0 Å². The first kappa shape index (κ1) is 22.7. The second-order valence-electron chi connectivity index (χ2n) is 9.72. The van der Waals surface area contributed by atoms with Gasteiger partial charge in [0.25, 0.3) is 0 Å². The standard InChI is InChI=1S/C26H32FNO4/c1-26(2,25(29)30)16-28-10-8-18(9-11-28)24-21-6-4-17(14-31-3)12-19(21)15-32-23-7-5-20(27)13-22(23)24/h4-7,12-13,18,24H,8-11,14-16H2,1-3H3,(H,29,30). The highest BCUT2D eigenvalue weighted by molar-refractivity contribution is 5.73. The number of fused-ring (bicyclic) bond motifs is 2. The zero-order valence-electron chi connectivity index (χ0n) is 19.1. The summed E-state index contributed by atoms with van der Waals surface area (Å²) in [4.78, 5) is 13.8. The van der Waals surface area contributed by atoms with Gasteiger partial charge < -0.3 is 19.5 Å². The molecular formula is C26H32FNO4. The van der Waals surface area contributed by atoms with Crippen LogP contribution in [0.4, 0.5) is 4.39 Å². The summed E-state index contributed by atoms with van der Waals surface area (Å²) in [6.07, 6.45) is 1.85. The molecule has 2 aromatic carbocycles. The minimum atomic E-state index is -0.775. The SMILES string of the molecule is COCc1ccc2c(c1)COc1ccc(F)cc1C2C1CCN(CC(C)(C)C(=O)O)CC1. The van der Waals surface area contributed by atoms with Crippen molar-refractivity contribution in [3.63, 3.8) is 0 Å². The molecule has 0 saturated carbocycles. The number of piperidine rings is 1. The average Bonchev–Trinajstić information content (AvgIpc) is 2.90. The number of likely N-dealkylation sites (tertiary alicyclic amines) is 1. The van der Waals surface area contributed by atoms with Gasteiger partial charge in [-0.2, -0.15) is 0 Å². The van der Waals surface area contributed by atoms with Crippen molar-refractivity contribution in [3.8, 4) is 5.75 Å². The maximum atomic E-state index is 14.3. The van der Waals surface area contributed by atoms with Gasteiger partial charge in [0.15, 0.2) is 0 Å². The number of carboxylic acid groups (broad SMARTS) is 1. The minimum Gasteiger partial charge on any atom is -0.489 e. The van der Waals surface area contributed by atoms with Gasteiger partial charge in [-0.15, -0.1) is 0 Å². The van der Waals surface area contributed by atoms with E-state index in [9.17, 15) is 14.3 Å². The van der Waals surface area contributed by atoms with Crippen molar-refractivity contribution in [2.75, 3.05) is 26.7 Å². The maximum absolute atomic E-state index is 14.3. The number of halogens is 1. The molecule has 0 bridgehead atoms. The van der Waals surface area contributed by atoms with Crippen LogP contribution in [0.25, 0.3) is 0 Å². The molecular weight excluding hydrogens is 409 g/mol. The van der Waals surface area contributed by atoms with Gasteiger partial charge in [-0.3, -0.25) is 4.79 Å². The lowest BCUT2D eigenvalue weighted by molar-refractivity contribution is -0.148. The van der Waals surface area contributed by atoms with E-state index in [4.69, 9.17) is 9.47 Å². The van der Waals surface area contributed by atoms with Gasteiger partial charge in [0.05, 0.1) is 12.0 Å². The number of carbonyl (C=O) groups is 1. The number of nitrogens with zero attached hydrogens (tertiary/aromatic N) is 1. The van der Waals surface area contributed by atoms with Crippen molar-refractivity contribution in [2.24, 2.45) is 11.3 Å². The Morgan fingerprint density at radius 2 is 1.94 bits per heavy atom. The summed E-state index contributed by atoms with van der Waals surface area (Å²) >= 11 is 0. The summed E-state index contributed by atoms with van der Waals surface area (Å²) in [7, 11) is 1.68. The molecule has 1 saturated heterocycles. The number of hydrogen-bond donors (Lipinski definition) is 1. The molecule has 0 radical (unpaired) electrons. The Hall–Kier alpha value is -2.44. The van der Waals surface area contributed by atoms with Crippen molar-refractivity contribution in [1.29, 1.82) is 0 Å². The highest BCUT2D eigenvalue weighted by Crippen LogP contribution is 2.45. The third-order valence-electron chi connectivity index (χ3n) is 6.85. The van der Waals surface area contributed by atoms with Gasteiger partial charge in [0.1, 0.15) is 18.2 Å². The largest absolute Gasteiger partial charge is 0.489 e. The predicted molar refractivity (Wildman–Crippen MR) is 120 cm³/mol. The van der Waals surface area contributed by atoms with E-state index in [2.05, 4.69) is 23.1 Å². The first-order chi connectivity index (χ1) is 15.3. The smallest absolute Gasteiger partial charge is 0.310 e. The number of rotatable bonds is 6. The van der Waals surface area contributed by atoms with E-state index in [0.29, 0.717) is 25.7 Å². The van der Waals surface area contributed by atoms with E-state index in [1.165, 1.54) is 11.6 Å². The zero-order valence-corrected chi connectivity index (χ0v) is 19.1. The normalized spacial score (nSPS) is 19.6. The average molecular weight is 442 g/mol. The molecule has 4 rings (SSSR count). The topological polar surface area (TPSA) is 59.0 Å². The molecule has 1 N–H and O–H groups in total. The summed E-state index contributed by atoms with van der Waals surface area (Å²) in [5, 5.41) is 9.48. The molecule has 1 atom stereocenters. The Kier molecular flexibility index (Phi) is 6.54. The predicted octanol–water partition coefficient (Wildman–Crippen LogP) is 4.82. The van der Waals surface area contributed by atoms with Crippen LogP contribution in [-0.2, 0) is 22.7 Å². The van der Waals surface area contributed by atoms with Crippen LogP contribution in [0.3, 0.4) is 0 Å². The lowest BCUT2D eigenvalue weighted by atomic mass is 9.74. The van der Waals surface area contributed by atoms with E-state index in [1.807, 2.05) is 0 Å². The number of carboxylic acids is 1. The Bertz CT molecular complexity index is 982. The Morgan fingerprint density at radius 3 is 2.62 bits per heavy atom. The van der Waals surface area contributed by atoms with Crippen LogP contribution in [0, 0.1) is 17.2 Å². The van der Waals surface area contributed by atoms with Gasteiger partial charge in [-0.1, -0.05) is 12.1 Å². The van der Waals surface area contributed by atoms with E-state index in [1.54, 1.807) is 33.1 Å². The van der Waals surface area contributed by atoms with Crippen LogP contribution in [0.15, 0.2) is 36.4 Å². The molecule has 0 spiro atoms. The van der Waals surface area contributed by atoms with E-state index < -0.39 is 11.4 Å². The van der Waals surface area contributed by atoms with Crippen molar-refractivity contribution in [3.05, 3.63) is 64.5 Å². The molecule has 0 amide bonds. The summed E-state index contributed by atoms with van der Waals surface area (Å²) in [5.41, 5.74) is 3.54. The fourth-order valence-corrected chi connectivity index (χ4v) is 5.14. The number of methoxy groups -OCH3 is 1. The fraction of sp³-hybridized carbons (Fsp3) is 0.500. The second-order valence-corrected chi connectivity index (χ2v) is 9.72. The lowest BCUT2D eigenvalue weighted by Gasteiger charge is -2.39. The minimum absolute atomic E-state index is 0.0458. The van der Waals surface area contributed by atoms with Gasteiger partial charge >= 0.3 is 5.97 Å². The molecule has 1 fully saturated rings. The molecule has 6 heteroatoms. The Labute approximate surface area is 189 Å². The van der Waals surface area contributed by atoms with Gasteiger partial charge in [0, 0.05) is 25.1 Å². The molecule has 2 aliphatic rings. The highest BCUT2D eigenvalue weighted by atomic mass is 19.1. The summed E-state index contributed by atoms with van der Waals surface area (Å²) in [6.45, 7) is 6.74. The van der Waals surface area contributed by atoms with Crippen LogP contribution in [0.1, 0.15) is 54.9 Å². The molecule has 5 nitrogen and oxygen atoms in total. The Morgan fingerprint density at radius 1 is 1.19 bits per heavy atom. The summed E-state index contributed by atoms with van der Waals surface area (Å²) in [6, 6.07) is 11.2. The molecule has 0 aromatic heterocycles. The third kappa shape index (κ3) is 4.66. The van der Waals surface area contributed by atoms with Crippen molar-refractivity contribution in [1.82, 2.24) is 4.90 Å². The molecule has 2 heterocycles. The van der Waals surface area contributed by atoms with Crippen LogP contribution in [-0.4, -0.2) is 42.7 Å². The van der Waals surface area contributed by atoms with E-state index in [0.717, 1.165) is 48.4 Å². The second kappa shape index (κ2) is 9.20. The quantitative estimate of drug-likeness (QED) is 0.697. The molecule has 32 heavy (non-hydrogen) atoms. The lowest BCUT2D eigenvalue weighted by Crippen LogP contribution is -2.43. The van der Waals surface area contributed by atoms with E-state index in [-0.39, 0.29) is 11.7 Å². The van der Waals surface area contributed by atoms with E-state index >= 15 is 0 Å². The number of benzene rings is 2. The van der Waals surface area contributed by atoms with Crippen LogP contribution in [0.5, 0.6) is 5.75 Å². The van der Waals surface area contributed by atoms with Crippen molar-refractivity contribution < 1.29 is 23.8 Å². The maximum Gasteiger partial charge on any atom is 0.310 e. The molecule has 172 valence electrons. The number of ether oxygens (including phenoxy) is 2. The molecule has 2 aliphatic heterocycles. The third-order valence-corrected chi connectivity index (χ3v) is 6.85. The van der Waals surface area contributed by atoms with Gasteiger partial charge in [-0.25, -0.2) is 4.39 Å². The molecule has 2 aromatic rings.